The minimum Gasteiger partial charge on any atom is -0.490 e. The van der Waals surface area contributed by atoms with E-state index in [1.54, 1.807) is 0 Å². The van der Waals surface area contributed by atoms with E-state index in [2.05, 4.69) is 30.3 Å². The summed E-state index contributed by atoms with van der Waals surface area (Å²) in [5, 5.41) is 11.8. The van der Waals surface area contributed by atoms with Gasteiger partial charge in [-0.25, -0.2) is 0 Å². The summed E-state index contributed by atoms with van der Waals surface area (Å²) >= 11 is 0. The van der Waals surface area contributed by atoms with E-state index in [1.165, 1.54) is 57.8 Å². The first kappa shape index (κ1) is 18.8. The van der Waals surface area contributed by atoms with Gasteiger partial charge in [-0.2, -0.15) is 0 Å². The Morgan fingerprint density at radius 2 is 1.67 bits per heavy atom. The second kappa shape index (κ2) is 7.44. The third-order valence-corrected chi connectivity index (χ3v) is 7.01. The number of benzene rings is 2. The number of aliphatic hydroxyl groups is 1. The van der Waals surface area contributed by atoms with Crippen molar-refractivity contribution in [1.82, 2.24) is 0 Å². The summed E-state index contributed by atoms with van der Waals surface area (Å²) in [6.45, 7) is 1.79. The van der Waals surface area contributed by atoms with Gasteiger partial charge in [0.2, 0.25) is 0 Å². The van der Waals surface area contributed by atoms with Crippen LogP contribution in [0.4, 0.5) is 0 Å². The number of ether oxygens (including phenoxy) is 1. The Morgan fingerprint density at radius 3 is 2.37 bits per heavy atom. The van der Waals surface area contributed by atoms with Crippen LogP contribution in [0.25, 0.3) is 10.8 Å². The third kappa shape index (κ3) is 4.00. The van der Waals surface area contributed by atoms with Crippen LogP contribution in [-0.2, 0) is 5.54 Å². The lowest BCUT2D eigenvalue weighted by atomic mass is 9.65. The minimum atomic E-state index is -0.708. The number of hydrogen-bond acceptors (Lipinski definition) is 3. The number of rotatable bonds is 4. The van der Waals surface area contributed by atoms with Crippen LogP contribution in [0.5, 0.6) is 5.75 Å². The number of nitrogens with two attached hydrogens (primary N) is 1. The summed E-state index contributed by atoms with van der Waals surface area (Å²) in [5.41, 5.74) is 7.05. The maximum absolute atomic E-state index is 9.49. The van der Waals surface area contributed by atoms with Gasteiger partial charge in [-0.15, -0.1) is 0 Å². The van der Waals surface area contributed by atoms with Crippen LogP contribution in [0.3, 0.4) is 0 Å². The van der Waals surface area contributed by atoms with Crippen molar-refractivity contribution in [1.29, 1.82) is 0 Å². The molecule has 0 amide bonds. The first-order valence-electron chi connectivity index (χ1n) is 10.6. The Bertz CT molecular complexity index is 782. The van der Waals surface area contributed by atoms with E-state index in [-0.39, 0.29) is 6.61 Å². The maximum atomic E-state index is 9.49. The summed E-state index contributed by atoms with van der Waals surface area (Å²) in [6, 6.07) is 12.5. The Balaban J connectivity index is 1.43. The van der Waals surface area contributed by atoms with Gasteiger partial charge in [0.1, 0.15) is 5.75 Å². The predicted molar refractivity (Wildman–Crippen MR) is 111 cm³/mol. The van der Waals surface area contributed by atoms with Crippen LogP contribution >= 0.6 is 0 Å². The molecular formula is C24H33NO2. The zero-order valence-electron chi connectivity index (χ0n) is 16.5. The molecule has 0 aliphatic heterocycles. The molecule has 2 aromatic carbocycles. The molecule has 1 spiro atoms. The van der Waals surface area contributed by atoms with E-state index in [0.717, 1.165) is 22.1 Å². The quantitative estimate of drug-likeness (QED) is 0.773. The monoisotopic (exact) mass is 367 g/mol. The van der Waals surface area contributed by atoms with Crippen molar-refractivity contribution >= 4 is 10.8 Å². The Morgan fingerprint density at radius 1 is 1.00 bits per heavy atom. The van der Waals surface area contributed by atoms with Gasteiger partial charge in [-0.05, 0) is 85.4 Å². The molecule has 2 fully saturated rings. The Labute approximate surface area is 162 Å². The van der Waals surface area contributed by atoms with Crippen molar-refractivity contribution in [3.8, 4) is 5.75 Å². The lowest BCUT2D eigenvalue weighted by molar-refractivity contribution is 0.0524. The molecule has 4 rings (SSSR count). The SMILES string of the molecule is C[C@](N)(CO)c1ccc2cc(OC3CCC4(CCCCC4)CC3)ccc2c1. The molecule has 27 heavy (non-hydrogen) atoms. The summed E-state index contributed by atoms with van der Waals surface area (Å²) in [5.74, 6) is 0.970. The second-order valence-corrected chi connectivity index (χ2v) is 9.18. The summed E-state index contributed by atoms with van der Waals surface area (Å²) in [6.07, 6.45) is 12.6. The molecule has 146 valence electrons. The fourth-order valence-electron chi connectivity index (χ4n) is 5.06. The molecule has 0 unspecified atom stereocenters. The molecule has 0 saturated heterocycles. The first-order chi connectivity index (χ1) is 13.0. The maximum Gasteiger partial charge on any atom is 0.120 e. The predicted octanol–water partition coefficient (Wildman–Crippen LogP) is 5.28. The normalized spacial score (nSPS) is 22.6. The van der Waals surface area contributed by atoms with Crippen molar-refractivity contribution < 1.29 is 9.84 Å². The molecule has 3 heteroatoms. The van der Waals surface area contributed by atoms with Gasteiger partial charge in [0.15, 0.2) is 0 Å². The van der Waals surface area contributed by atoms with Gasteiger partial charge in [0.05, 0.1) is 18.2 Å². The van der Waals surface area contributed by atoms with Gasteiger partial charge in [0.25, 0.3) is 0 Å². The molecule has 3 N–H and O–H groups in total. The molecule has 1 atom stereocenters. The highest BCUT2D eigenvalue weighted by atomic mass is 16.5. The van der Waals surface area contributed by atoms with Crippen molar-refractivity contribution in [2.45, 2.75) is 76.4 Å². The fraction of sp³-hybridized carbons (Fsp3) is 0.583. The van der Waals surface area contributed by atoms with Gasteiger partial charge in [-0.1, -0.05) is 37.5 Å². The highest BCUT2D eigenvalue weighted by molar-refractivity contribution is 5.84. The van der Waals surface area contributed by atoms with Gasteiger partial charge in [0, 0.05) is 0 Å². The highest BCUT2D eigenvalue weighted by Gasteiger charge is 2.36. The van der Waals surface area contributed by atoms with E-state index in [9.17, 15) is 5.11 Å². The zero-order chi connectivity index (χ0) is 18.9. The average Bonchev–Trinajstić information content (AvgIpc) is 2.70. The van der Waals surface area contributed by atoms with Crippen LogP contribution in [0.1, 0.15) is 70.3 Å². The van der Waals surface area contributed by atoms with Crippen molar-refractivity contribution in [2.75, 3.05) is 6.61 Å². The summed E-state index contributed by atoms with van der Waals surface area (Å²) in [4.78, 5) is 0. The van der Waals surface area contributed by atoms with Crippen molar-refractivity contribution in [2.24, 2.45) is 11.1 Å². The lowest BCUT2D eigenvalue weighted by Gasteiger charge is -2.42. The highest BCUT2D eigenvalue weighted by Crippen LogP contribution is 2.48. The third-order valence-electron chi connectivity index (χ3n) is 7.01. The lowest BCUT2D eigenvalue weighted by Crippen LogP contribution is -2.36. The summed E-state index contributed by atoms with van der Waals surface area (Å²) < 4.78 is 6.35. The Hall–Kier alpha value is -1.58. The van der Waals surface area contributed by atoms with E-state index in [0.29, 0.717) is 11.5 Å². The number of hydrogen-bond donors (Lipinski definition) is 2. The van der Waals surface area contributed by atoms with E-state index in [4.69, 9.17) is 10.5 Å². The van der Waals surface area contributed by atoms with Crippen LogP contribution in [0.2, 0.25) is 0 Å². The second-order valence-electron chi connectivity index (χ2n) is 9.18. The summed E-state index contributed by atoms with van der Waals surface area (Å²) in [7, 11) is 0. The number of aliphatic hydroxyl groups excluding tert-OH is 1. The molecule has 2 saturated carbocycles. The van der Waals surface area contributed by atoms with Crippen molar-refractivity contribution in [3.63, 3.8) is 0 Å². The van der Waals surface area contributed by atoms with Crippen LogP contribution < -0.4 is 10.5 Å². The van der Waals surface area contributed by atoms with E-state index < -0.39 is 5.54 Å². The topological polar surface area (TPSA) is 55.5 Å². The van der Waals surface area contributed by atoms with Crippen molar-refractivity contribution in [3.05, 3.63) is 42.0 Å². The largest absolute Gasteiger partial charge is 0.490 e. The minimum absolute atomic E-state index is 0.0666. The molecule has 0 heterocycles. The first-order valence-corrected chi connectivity index (χ1v) is 10.6. The van der Waals surface area contributed by atoms with Gasteiger partial charge in [-0.3, -0.25) is 0 Å². The molecule has 2 aliphatic rings. The van der Waals surface area contributed by atoms with Gasteiger partial charge < -0.3 is 15.6 Å². The Kier molecular flexibility index (Phi) is 5.17. The fourth-order valence-corrected chi connectivity index (χ4v) is 5.06. The molecule has 2 aromatic rings. The molecule has 0 radical (unpaired) electrons. The smallest absolute Gasteiger partial charge is 0.120 e. The molecule has 0 bridgehead atoms. The standard InChI is InChI=1S/C24H33NO2/c1-23(25,17-26)20-7-5-19-16-22(8-6-18(19)15-20)27-21-9-13-24(14-10-21)11-3-2-4-12-24/h5-8,15-16,21,26H,2-4,9-14,17,25H2,1H3/t23-/m0/s1. The molecule has 0 aromatic heterocycles. The van der Waals surface area contributed by atoms with Crippen LogP contribution in [0.15, 0.2) is 36.4 Å². The van der Waals surface area contributed by atoms with Crippen LogP contribution in [0, 0.1) is 5.41 Å². The molecular weight excluding hydrogens is 334 g/mol. The molecule has 3 nitrogen and oxygen atoms in total. The molecule has 2 aliphatic carbocycles. The average molecular weight is 368 g/mol. The number of fused-ring (bicyclic) bond motifs is 1. The van der Waals surface area contributed by atoms with Crippen LogP contribution in [-0.4, -0.2) is 17.8 Å². The van der Waals surface area contributed by atoms with E-state index in [1.807, 2.05) is 13.0 Å². The van der Waals surface area contributed by atoms with E-state index >= 15 is 0 Å². The van der Waals surface area contributed by atoms with Gasteiger partial charge >= 0.3 is 0 Å². The zero-order valence-corrected chi connectivity index (χ0v) is 16.5.